The number of carbonyl (C=O) groups is 1. The van der Waals surface area contributed by atoms with Crippen molar-refractivity contribution in [2.24, 2.45) is 0 Å². The molecule has 2 rings (SSSR count). The van der Waals surface area contributed by atoms with Crippen molar-refractivity contribution in [1.82, 2.24) is 10.6 Å². The van der Waals surface area contributed by atoms with Crippen LogP contribution in [0, 0.1) is 10.1 Å². The number of hydrogen-bond donors (Lipinski definition) is 3. The van der Waals surface area contributed by atoms with E-state index in [1.54, 1.807) is 12.1 Å². The van der Waals surface area contributed by atoms with Gasteiger partial charge in [-0.25, -0.2) is 0 Å². The lowest BCUT2D eigenvalue weighted by atomic mass is 10.2. The first kappa shape index (κ1) is 26.7. The van der Waals surface area contributed by atoms with Crippen molar-refractivity contribution in [3.63, 3.8) is 0 Å². The van der Waals surface area contributed by atoms with E-state index in [4.69, 9.17) is 56.5 Å². The Hall–Kier alpha value is -2.53. The summed E-state index contributed by atoms with van der Waals surface area (Å²) < 4.78 is 8.43. The number of rotatable bonds is 9. The van der Waals surface area contributed by atoms with Crippen LogP contribution in [0.3, 0.4) is 0 Å². The lowest BCUT2D eigenvalue weighted by Gasteiger charge is -2.27. The smallest absolute Gasteiger partial charge is 0.296 e. The quantitative estimate of drug-likeness (QED) is 0.143. The molecule has 0 radical (unpaired) electrons. The predicted octanol–water partition coefficient (Wildman–Crippen LogP) is 4.34. The van der Waals surface area contributed by atoms with Gasteiger partial charge in [0.25, 0.3) is 11.6 Å². The maximum atomic E-state index is 12.3. The standard InChI is InChI=1S/C20H21Cl3N4O5S/c1-3-12-4-6-13(7-5-12)32-11-17(28)25-18(20(21,22)23)26-19(33)24-15-9-8-14(31-2)10-16(15)27(29)30/h4-10,18H,3,11H2,1-2H3,(H,25,28)(H2,24,26,33)/t18-/m0/s1. The lowest BCUT2D eigenvalue weighted by molar-refractivity contribution is -0.384. The second-order valence-electron chi connectivity index (χ2n) is 6.57. The van der Waals surface area contributed by atoms with E-state index in [1.165, 1.54) is 25.3 Å². The predicted molar refractivity (Wildman–Crippen MR) is 133 cm³/mol. The summed E-state index contributed by atoms with van der Waals surface area (Å²) in [5.41, 5.74) is 0.924. The number of nitrogens with zero attached hydrogens (tertiary/aromatic N) is 1. The highest BCUT2D eigenvalue weighted by atomic mass is 35.6. The number of nitro groups is 1. The van der Waals surface area contributed by atoms with Crippen LogP contribution < -0.4 is 25.4 Å². The fraction of sp³-hybridized carbons (Fsp3) is 0.300. The molecule has 0 heterocycles. The maximum Gasteiger partial charge on any atom is 0.296 e. The van der Waals surface area contributed by atoms with Gasteiger partial charge >= 0.3 is 0 Å². The third-order valence-electron chi connectivity index (χ3n) is 4.26. The fourth-order valence-corrected chi connectivity index (χ4v) is 3.11. The molecule has 2 aromatic carbocycles. The summed E-state index contributed by atoms with van der Waals surface area (Å²) in [5, 5.41) is 19.0. The van der Waals surface area contributed by atoms with Gasteiger partial charge in [0, 0.05) is 0 Å². The van der Waals surface area contributed by atoms with E-state index in [-0.39, 0.29) is 23.1 Å². The Kier molecular flexibility index (Phi) is 9.78. The number of methoxy groups -OCH3 is 1. The molecule has 2 aromatic rings. The second kappa shape index (κ2) is 12.1. The minimum absolute atomic E-state index is 0.0755. The van der Waals surface area contributed by atoms with Crippen LogP contribution >= 0.6 is 47.0 Å². The molecule has 0 saturated carbocycles. The van der Waals surface area contributed by atoms with Crippen LogP contribution in [0.2, 0.25) is 0 Å². The van der Waals surface area contributed by atoms with Gasteiger partial charge in [0.1, 0.15) is 23.4 Å². The van der Waals surface area contributed by atoms with Gasteiger partial charge in [-0.3, -0.25) is 14.9 Å². The molecule has 0 aliphatic rings. The molecule has 3 N–H and O–H groups in total. The van der Waals surface area contributed by atoms with Crippen LogP contribution in [0.15, 0.2) is 42.5 Å². The topological polar surface area (TPSA) is 115 Å². The molecule has 1 atom stereocenters. The summed E-state index contributed by atoms with van der Waals surface area (Å²) in [6, 6.07) is 11.4. The Morgan fingerprint density at radius 2 is 1.79 bits per heavy atom. The molecule has 178 valence electrons. The van der Waals surface area contributed by atoms with Gasteiger partial charge in [-0.1, -0.05) is 53.9 Å². The highest BCUT2D eigenvalue weighted by Crippen LogP contribution is 2.31. The van der Waals surface area contributed by atoms with Gasteiger partial charge in [-0.15, -0.1) is 0 Å². The molecule has 9 nitrogen and oxygen atoms in total. The summed E-state index contributed by atoms with van der Waals surface area (Å²) in [5.74, 6) is 0.211. The van der Waals surface area contributed by atoms with Crippen molar-refractivity contribution in [2.45, 2.75) is 23.3 Å². The van der Waals surface area contributed by atoms with Gasteiger partial charge < -0.3 is 25.4 Å². The molecule has 13 heteroatoms. The highest BCUT2D eigenvalue weighted by molar-refractivity contribution is 7.80. The van der Waals surface area contributed by atoms with Crippen LogP contribution in [-0.4, -0.2) is 39.6 Å². The van der Waals surface area contributed by atoms with Crippen LogP contribution in [0.5, 0.6) is 11.5 Å². The molecular weight excluding hydrogens is 515 g/mol. The number of halogens is 3. The van der Waals surface area contributed by atoms with Crippen molar-refractivity contribution in [1.29, 1.82) is 0 Å². The Balaban J connectivity index is 2.01. The van der Waals surface area contributed by atoms with Crippen molar-refractivity contribution in [3.8, 4) is 11.5 Å². The van der Waals surface area contributed by atoms with Crippen molar-refractivity contribution < 1.29 is 19.2 Å². The largest absolute Gasteiger partial charge is 0.496 e. The summed E-state index contributed by atoms with van der Waals surface area (Å²) in [6.07, 6.45) is -0.385. The number of alkyl halides is 3. The molecular formula is C20H21Cl3N4O5S. The molecule has 0 aliphatic carbocycles. The Morgan fingerprint density at radius 1 is 1.15 bits per heavy atom. The summed E-state index contributed by atoms with van der Waals surface area (Å²) in [4.78, 5) is 23.1. The van der Waals surface area contributed by atoms with E-state index in [0.717, 1.165) is 12.0 Å². The molecule has 0 bridgehead atoms. The average Bonchev–Trinajstić information content (AvgIpc) is 2.77. The Bertz CT molecular complexity index is 1000. The monoisotopic (exact) mass is 534 g/mol. The van der Waals surface area contributed by atoms with E-state index in [1.807, 2.05) is 19.1 Å². The van der Waals surface area contributed by atoms with E-state index >= 15 is 0 Å². The van der Waals surface area contributed by atoms with Gasteiger partial charge in [-0.05, 0) is 48.5 Å². The SMILES string of the molecule is CCc1ccc(OCC(=O)N[C@@H](NC(=S)Nc2ccc(OC)cc2[N+](=O)[O-])C(Cl)(Cl)Cl)cc1. The molecule has 0 aliphatic heterocycles. The fourth-order valence-electron chi connectivity index (χ4n) is 2.56. The van der Waals surface area contributed by atoms with Crippen LogP contribution in [0.1, 0.15) is 12.5 Å². The number of thiocarbonyl (C=S) groups is 1. The minimum Gasteiger partial charge on any atom is -0.496 e. The number of benzene rings is 2. The van der Waals surface area contributed by atoms with E-state index in [9.17, 15) is 14.9 Å². The summed E-state index contributed by atoms with van der Waals surface area (Å²) in [6.45, 7) is 1.69. The molecule has 33 heavy (non-hydrogen) atoms. The van der Waals surface area contributed by atoms with Crippen LogP contribution in [0.4, 0.5) is 11.4 Å². The lowest BCUT2D eigenvalue weighted by Crippen LogP contribution is -2.57. The third-order valence-corrected chi connectivity index (χ3v) is 5.13. The summed E-state index contributed by atoms with van der Waals surface area (Å²) >= 11 is 23.1. The number of carbonyl (C=O) groups excluding carboxylic acids is 1. The van der Waals surface area contributed by atoms with Gasteiger partial charge in [0.05, 0.1) is 18.1 Å². The first-order valence-corrected chi connectivity index (χ1v) is 11.1. The zero-order chi connectivity index (χ0) is 24.6. The Labute approximate surface area is 210 Å². The minimum atomic E-state index is -2.00. The first-order valence-electron chi connectivity index (χ1n) is 9.51. The van der Waals surface area contributed by atoms with E-state index in [2.05, 4.69) is 16.0 Å². The van der Waals surface area contributed by atoms with Crippen LogP contribution in [-0.2, 0) is 11.2 Å². The summed E-state index contributed by atoms with van der Waals surface area (Å²) in [7, 11) is 1.39. The number of nitrogens with one attached hydrogen (secondary N) is 3. The molecule has 0 saturated heterocycles. The van der Waals surface area contributed by atoms with Crippen molar-refractivity contribution in [3.05, 3.63) is 58.1 Å². The zero-order valence-electron chi connectivity index (χ0n) is 17.6. The molecule has 0 unspecified atom stereocenters. The zero-order valence-corrected chi connectivity index (χ0v) is 20.6. The number of anilines is 1. The average molecular weight is 536 g/mol. The molecule has 1 amide bonds. The molecule has 0 fully saturated rings. The number of aryl methyl sites for hydroxylation is 1. The maximum absolute atomic E-state index is 12.3. The van der Waals surface area contributed by atoms with Gasteiger partial charge in [0.15, 0.2) is 11.7 Å². The number of amides is 1. The van der Waals surface area contributed by atoms with Gasteiger partial charge in [0.2, 0.25) is 3.79 Å². The van der Waals surface area contributed by atoms with Crippen molar-refractivity contribution in [2.75, 3.05) is 19.0 Å². The molecule has 0 spiro atoms. The third kappa shape index (κ3) is 8.39. The first-order chi connectivity index (χ1) is 15.5. The number of hydrogen-bond acceptors (Lipinski definition) is 6. The second-order valence-corrected chi connectivity index (χ2v) is 9.34. The van der Waals surface area contributed by atoms with E-state index in [0.29, 0.717) is 11.5 Å². The number of ether oxygens (including phenoxy) is 2. The Morgan fingerprint density at radius 3 is 2.33 bits per heavy atom. The van der Waals surface area contributed by atoms with Gasteiger partial charge in [-0.2, -0.15) is 0 Å². The van der Waals surface area contributed by atoms with Crippen molar-refractivity contribution >= 4 is 69.4 Å². The van der Waals surface area contributed by atoms with Crippen LogP contribution in [0.25, 0.3) is 0 Å². The van der Waals surface area contributed by atoms with E-state index < -0.39 is 20.8 Å². The molecule has 0 aromatic heterocycles. The number of nitro benzene ring substituents is 1. The normalized spacial score (nSPS) is 11.8. The highest BCUT2D eigenvalue weighted by Gasteiger charge is 2.35.